The number of aliphatic hydroxyl groups is 1. The molecule has 5 heterocycles. The van der Waals surface area contributed by atoms with Crippen molar-refractivity contribution in [1.82, 2.24) is 34.3 Å². The molecule has 2 N–H and O–H groups in total. The minimum Gasteiger partial charge on any atom is -0.395 e. The van der Waals surface area contributed by atoms with Crippen molar-refractivity contribution in [3.8, 4) is 0 Å². The van der Waals surface area contributed by atoms with Crippen molar-refractivity contribution in [2.75, 3.05) is 52.2 Å². The number of hydrogen-bond acceptors (Lipinski definition) is 10. The maximum Gasteiger partial charge on any atom is 0.211 e. The first-order valence-corrected chi connectivity index (χ1v) is 14.9. The van der Waals surface area contributed by atoms with Crippen LogP contribution in [0.15, 0.2) is 43.0 Å². The third-order valence-corrected chi connectivity index (χ3v) is 9.65. The number of aromatic amines is 1. The zero-order chi connectivity index (χ0) is 25.6. The van der Waals surface area contributed by atoms with Crippen LogP contribution in [0, 0.1) is 0 Å². The fourth-order valence-electron chi connectivity index (χ4n) is 5.54. The molecule has 2 fully saturated rings. The minimum absolute atomic E-state index is 0.120. The molecule has 196 valence electrons. The highest BCUT2D eigenvalue weighted by atomic mass is 32.2. The summed E-state index contributed by atoms with van der Waals surface area (Å²) in [7, 11) is -3.42. The molecule has 13 heteroatoms. The molecule has 2 aliphatic heterocycles. The molecule has 0 bridgehead atoms. The Bertz CT molecular complexity index is 1470. The Hall–Kier alpha value is -2.52. The van der Waals surface area contributed by atoms with Gasteiger partial charge in [0.25, 0.3) is 0 Å². The molecule has 0 saturated carbocycles. The minimum atomic E-state index is -3.42. The van der Waals surface area contributed by atoms with E-state index in [0.29, 0.717) is 32.8 Å². The molecule has 2 saturated heterocycles. The fourth-order valence-corrected chi connectivity index (χ4v) is 7.79. The standard InChI is InChI=1S/C24H29N7O4S2/c1-37(33,34)31-6-5-29(12-16(31)14-32)24(22-9-20-23(36-22)11-25-15-26-20)30-7-8-35-21(13-30)17-3-2-4-19-18(17)10-27-28-19/h2-4,9-11,15-16,21,24,32H,5-8,12-14H2,1H3,(H,27,28). The van der Waals surface area contributed by atoms with Crippen LogP contribution in [0.5, 0.6) is 0 Å². The van der Waals surface area contributed by atoms with Crippen molar-refractivity contribution in [3.05, 3.63) is 53.4 Å². The number of fused-ring (bicyclic) bond motifs is 2. The SMILES string of the molecule is CS(=O)(=O)N1CCN(C(c2cc3ncncc3s2)N2CCOC(c3cccc4[nH]ncc34)C2)CC1CO. The third kappa shape index (κ3) is 4.76. The first-order chi connectivity index (χ1) is 17.9. The van der Waals surface area contributed by atoms with Crippen LogP contribution >= 0.6 is 11.3 Å². The molecule has 0 radical (unpaired) electrons. The summed E-state index contributed by atoms with van der Waals surface area (Å²) in [5.41, 5.74) is 2.95. The normalized spacial score (nSPS) is 23.6. The molecule has 2 aliphatic rings. The Kier molecular flexibility index (Phi) is 6.69. The zero-order valence-corrected chi connectivity index (χ0v) is 22.0. The number of thiophene rings is 1. The Balaban J connectivity index is 1.35. The van der Waals surface area contributed by atoms with E-state index in [2.05, 4.69) is 42.1 Å². The lowest BCUT2D eigenvalue weighted by Gasteiger charge is -2.47. The first-order valence-electron chi connectivity index (χ1n) is 12.2. The lowest BCUT2D eigenvalue weighted by atomic mass is 10.0. The summed E-state index contributed by atoms with van der Waals surface area (Å²) < 4.78 is 33.4. The molecule has 11 nitrogen and oxygen atoms in total. The molecule has 3 unspecified atom stereocenters. The number of piperazine rings is 1. The Labute approximate surface area is 218 Å². The summed E-state index contributed by atoms with van der Waals surface area (Å²) in [6.07, 6.45) is 6.16. The van der Waals surface area contributed by atoms with E-state index in [1.54, 1.807) is 17.7 Å². The van der Waals surface area contributed by atoms with E-state index in [4.69, 9.17) is 4.74 Å². The van der Waals surface area contributed by atoms with E-state index in [9.17, 15) is 13.5 Å². The van der Waals surface area contributed by atoms with Gasteiger partial charge in [0.15, 0.2) is 0 Å². The van der Waals surface area contributed by atoms with Crippen LogP contribution in [0.4, 0.5) is 0 Å². The van der Waals surface area contributed by atoms with Crippen molar-refractivity contribution in [2.24, 2.45) is 0 Å². The number of benzene rings is 1. The average molecular weight is 544 g/mol. The number of aromatic nitrogens is 4. The second-order valence-electron chi connectivity index (χ2n) is 9.53. The molecule has 0 amide bonds. The average Bonchev–Trinajstić information content (AvgIpc) is 3.55. The van der Waals surface area contributed by atoms with Gasteiger partial charge in [0.05, 0.1) is 59.7 Å². The Morgan fingerprint density at radius 3 is 2.89 bits per heavy atom. The largest absolute Gasteiger partial charge is 0.395 e. The summed E-state index contributed by atoms with van der Waals surface area (Å²) in [5, 5.41) is 18.4. The van der Waals surface area contributed by atoms with Gasteiger partial charge in [-0.05, 0) is 17.7 Å². The number of nitrogens with zero attached hydrogens (tertiary/aromatic N) is 6. The highest BCUT2D eigenvalue weighted by molar-refractivity contribution is 7.88. The quantitative estimate of drug-likeness (QED) is 0.373. The van der Waals surface area contributed by atoms with Crippen LogP contribution in [0.2, 0.25) is 0 Å². The maximum absolute atomic E-state index is 12.4. The van der Waals surface area contributed by atoms with Crippen LogP contribution in [-0.2, 0) is 14.8 Å². The highest BCUT2D eigenvalue weighted by Gasteiger charge is 2.39. The molecule has 3 aromatic heterocycles. The number of ether oxygens (including phenoxy) is 1. The van der Waals surface area contributed by atoms with Gasteiger partial charge in [-0.1, -0.05) is 12.1 Å². The van der Waals surface area contributed by atoms with Crippen molar-refractivity contribution in [3.63, 3.8) is 0 Å². The Morgan fingerprint density at radius 1 is 1.22 bits per heavy atom. The molecule has 4 aromatic rings. The molecular formula is C24H29N7O4S2. The highest BCUT2D eigenvalue weighted by Crippen LogP contribution is 2.38. The van der Waals surface area contributed by atoms with Gasteiger partial charge < -0.3 is 9.84 Å². The molecule has 3 atom stereocenters. The first kappa shape index (κ1) is 24.8. The van der Waals surface area contributed by atoms with Crippen LogP contribution in [-0.4, -0.2) is 106 Å². The van der Waals surface area contributed by atoms with Crippen molar-refractivity contribution in [1.29, 1.82) is 0 Å². The predicted molar refractivity (Wildman–Crippen MR) is 141 cm³/mol. The van der Waals surface area contributed by atoms with Gasteiger partial charge >= 0.3 is 0 Å². The summed E-state index contributed by atoms with van der Waals surface area (Å²) in [5.74, 6) is 0. The van der Waals surface area contributed by atoms with Crippen LogP contribution in [0.25, 0.3) is 21.1 Å². The summed E-state index contributed by atoms with van der Waals surface area (Å²) >= 11 is 1.65. The van der Waals surface area contributed by atoms with Gasteiger partial charge in [0.2, 0.25) is 10.0 Å². The number of H-pyrrole nitrogens is 1. The van der Waals surface area contributed by atoms with E-state index in [1.165, 1.54) is 10.6 Å². The monoisotopic (exact) mass is 543 g/mol. The fraction of sp³-hybridized carbons (Fsp3) is 0.458. The van der Waals surface area contributed by atoms with Crippen LogP contribution in [0.1, 0.15) is 22.7 Å². The van der Waals surface area contributed by atoms with E-state index < -0.39 is 16.1 Å². The maximum atomic E-state index is 12.4. The van der Waals surface area contributed by atoms with Gasteiger partial charge in [-0.15, -0.1) is 11.3 Å². The zero-order valence-electron chi connectivity index (χ0n) is 20.4. The molecule has 0 spiro atoms. The second-order valence-corrected chi connectivity index (χ2v) is 12.6. The van der Waals surface area contributed by atoms with Gasteiger partial charge in [-0.2, -0.15) is 9.40 Å². The number of aliphatic hydroxyl groups excluding tert-OH is 1. The number of nitrogens with one attached hydrogen (secondary N) is 1. The van der Waals surface area contributed by atoms with E-state index in [1.807, 2.05) is 24.5 Å². The molecule has 6 rings (SSSR count). The van der Waals surface area contributed by atoms with Crippen molar-refractivity contribution < 1.29 is 18.3 Å². The lowest BCUT2D eigenvalue weighted by molar-refractivity contribution is -0.0867. The van der Waals surface area contributed by atoms with Crippen LogP contribution < -0.4 is 0 Å². The van der Waals surface area contributed by atoms with Crippen molar-refractivity contribution >= 4 is 42.5 Å². The predicted octanol–water partition coefficient (Wildman–Crippen LogP) is 1.58. The summed E-state index contributed by atoms with van der Waals surface area (Å²) in [4.78, 5) is 14.4. The number of rotatable bonds is 6. The topological polar surface area (TPSA) is 128 Å². The Morgan fingerprint density at radius 2 is 2.08 bits per heavy atom. The van der Waals surface area contributed by atoms with Gasteiger partial charge in [-0.25, -0.2) is 18.4 Å². The van der Waals surface area contributed by atoms with Crippen molar-refractivity contribution in [2.45, 2.75) is 18.3 Å². The van der Waals surface area contributed by atoms with Gasteiger partial charge in [-0.3, -0.25) is 14.9 Å². The number of morpholine rings is 1. The second kappa shape index (κ2) is 9.98. The van der Waals surface area contributed by atoms with E-state index in [0.717, 1.165) is 38.1 Å². The van der Waals surface area contributed by atoms with E-state index >= 15 is 0 Å². The molecular weight excluding hydrogens is 514 g/mol. The number of sulfonamides is 1. The van der Waals surface area contributed by atoms with Crippen LogP contribution in [0.3, 0.4) is 0 Å². The van der Waals surface area contributed by atoms with Gasteiger partial charge in [0.1, 0.15) is 6.33 Å². The third-order valence-electron chi connectivity index (χ3n) is 7.22. The van der Waals surface area contributed by atoms with Gasteiger partial charge in [0, 0.05) is 49.2 Å². The molecule has 1 aromatic carbocycles. The molecule has 0 aliphatic carbocycles. The lowest BCUT2D eigenvalue weighted by Crippen LogP contribution is -2.59. The molecule has 37 heavy (non-hydrogen) atoms. The smallest absolute Gasteiger partial charge is 0.211 e. The summed E-state index contributed by atoms with van der Waals surface area (Å²) in [6.45, 7) is 3.01. The summed E-state index contributed by atoms with van der Waals surface area (Å²) in [6, 6.07) is 7.70. The number of hydrogen-bond donors (Lipinski definition) is 2. The van der Waals surface area contributed by atoms with E-state index in [-0.39, 0.29) is 18.9 Å².